The highest BCUT2D eigenvalue weighted by Gasteiger charge is 2.22. The Bertz CT molecular complexity index is 182. The van der Waals surface area contributed by atoms with Crippen molar-refractivity contribution in [3.05, 3.63) is 0 Å². The van der Waals surface area contributed by atoms with Gasteiger partial charge in [0.05, 0.1) is 6.10 Å². The summed E-state index contributed by atoms with van der Waals surface area (Å²) in [4.78, 5) is 0. The van der Waals surface area contributed by atoms with Crippen molar-refractivity contribution in [1.82, 2.24) is 5.32 Å². The first-order chi connectivity index (χ1) is 8.30. The Morgan fingerprint density at radius 3 is 2.65 bits per heavy atom. The number of ether oxygens (including phenoxy) is 1. The minimum Gasteiger partial charge on any atom is -0.378 e. The zero-order valence-electron chi connectivity index (χ0n) is 12.0. The van der Waals surface area contributed by atoms with Gasteiger partial charge >= 0.3 is 0 Å². The minimum atomic E-state index is 0.495. The molecule has 0 amide bonds. The van der Waals surface area contributed by atoms with Crippen molar-refractivity contribution in [1.29, 1.82) is 0 Å². The number of nitrogens with one attached hydrogen (secondary N) is 1. The Kier molecular flexibility index (Phi) is 7.87. The quantitative estimate of drug-likeness (QED) is 0.696. The molecule has 3 atom stereocenters. The molecule has 3 unspecified atom stereocenters. The van der Waals surface area contributed by atoms with Gasteiger partial charge in [-0.05, 0) is 32.1 Å². The summed E-state index contributed by atoms with van der Waals surface area (Å²) in [6, 6.07) is 1.43. The predicted molar refractivity (Wildman–Crippen MR) is 74.4 cm³/mol. The van der Waals surface area contributed by atoms with E-state index in [0.29, 0.717) is 12.1 Å². The molecule has 1 heterocycles. The smallest absolute Gasteiger partial charge is 0.0587 e. The number of hydrogen-bond acceptors (Lipinski definition) is 2. The van der Waals surface area contributed by atoms with E-state index in [0.717, 1.165) is 19.1 Å². The summed E-state index contributed by atoms with van der Waals surface area (Å²) in [5.41, 5.74) is 0. The van der Waals surface area contributed by atoms with Gasteiger partial charge in [-0.3, -0.25) is 0 Å². The highest BCUT2D eigenvalue weighted by Crippen LogP contribution is 2.18. The lowest BCUT2D eigenvalue weighted by Gasteiger charge is -2.32. The average Bonchev–Trinajstić information content (AvgIpc) is 2.36. The molecule has 1 N–H and O–H groups in total. The van der Waals surface area contributed by atoms with Crippen LogP contribution in [0.15, 0.2) is 0 Å². The highest BCUT2D eigenvalue weighted by molar-refractivity contribution is 4.80. The van der Waals surface area contributed by atoms with E-state index in [9.17, 15) is 0 Å². The molecule has 0 spiro atoms. The number of rotatable bonds is 8. The van der Waals surface area contributed by atoms with Gasteiger partial charge in [-0.2, -0.15) is 0 Å². The summed E-state index contributed by atoms with van der Waals surface area (Å²) in [7, 11) is 0. The molecule has 1 aliphatic heterocycles. The van der Waals surface area contributed by atoms with Crippen molar-refractivity contribution >= 4 is 0 Å². The molecule has 1 rings (SSSR count). The largest absolute Gasteiger partial charge is 0.378 e. The van der Waals surface area contributed by atoms with Gasteiger partial charge in [0.25, 0.3) is 0 Å². The van der Waals surface area contributed by atoms with Crippen LogP contribution in [0.2, 0.25) is 0 Å². The Morgan fingerprint density at radius 2 is 2.00 bits per heavy atom. The molecular formula is C15H31NO. The Morgan fingerprint density at radius 1 is 1.18 bits per heavy atom. The maximum atomic E-state index is 5.74. The lowest BCUT2D eigenvalue weighted by Crippen LogP contribution is -2.44. The van der Waals surface area contributed by atoms with Gasteiger partial charge in [-0.25, -0.2) is 0 Å². The van der Waals surface area contributed by atoms with Crippen molar-refractivity contribution in [2.75, 3.05) is 6.61 Å². The van der Waals surface area contributed by atoms with Gasteiger partial charge in [-0.15, -0.1) is 0 Å². The highest BCUT2D eigenvalue weighted by atomic mass is 16.5. The van der Waals surface area contributed by atoms with E-state index in [2.05, 4.69) is 26.1 Å². The molecule has 102 valence electrons. The molecule has 17 heavy (non-hydrogen) atoms. The summed E-state index contributed by atoms with van der Waals surface area (Å²) in [6.07, 6.45) is 10.7. The second-order valence-electron chi connectivity index (χ2n) is 5.42. The van der Waals surface area contributed by atoms with Crippen molar-refractivity contribution < 1.29 is 4.74 Å². The topological polar surface area (TPSA) is 21.3 Å². The van der Waals surface area contributed by atoms with Crippen LogP contribution >= 0.6 is 0 Å². The number of unbranched alkanes of at least 4 members (excludes halogenated alkanes) is 1. The Labute approximate surface area is 108 Å². The third-order valence-corrected chi connectivity index (χ3v) is 3.84. The van der Waals surface area contributed by atoms with Crippen LogP contribution in [0.4, 0.5) is 0 Å². The molecule has 0 radical (unpaired) electrons. The van der Waals surface area contributed by atoms with Gasteiger partial charge in [0.15, 0.2) is 0 Å². The first-order valence-corrected chi connectivity index (χ1v) is 7.67. The van der Waals surface area contributed by atoms with Gasteiger partial charge in [-0.1, -0.05) is 40.0 Å². The third kappa shape index (κ3) is 5.87. The van der Waals surface area contributed by atoms with Gasteiger partial charge < -0.3 is 10.1 Å². The molecular weight excluding hydrogens is 210 g/mol. The second kappa shape index (κ2) is 8.93. The van der Waals surface area contributed by atoms with E-state index in [4.69, 9.17) is 4.74 Å². The first-order valence-electron chi connectivity index (χ1n) is 7.67. The fourth-order valence-electron chi connectivity index (χ4n) is 2.76. The predicted octanol–water partition coefficient (Wildman–Crippen LogP) is 3.89. The normalized spacial score (nSPS) is 27.0. The zero-order chi connectivity index (χ0) is 12.5. The van der Waals surface area contributed by atoms with Crippen molar-refractivity contribution in [2.45, 2.75) is 90.3 Å². The van der Waals surface area contributed by atoms with E-state index >= 15 is 0 Å². The van der Waals surface area contributed by atoms with Crippen LogP contribution < -0.4 is 5.32 Å². The molecule has 1 saturated heterocycles. The van der Waals surface area contributed by atoms with E-state index < -0.39 is 0 Å². The number of hydrogen-bond donors (Lipinski definition) is 1. The van der Waals surface area contributed by atoms with E-state index in [1.54, 1.807) is 0 Å². The van der Waals surface area contributed by atoms with Crippen LogP contribution in [0.5, 0.6) is 0 Å². The molecule has 0 aromatic rings. The fraction of sp³-hybridized carbons (Fsp3) is 1.00. The summed E-state index contributed by atoms with van der Waals surface area (Å²) in [5, 5.41) is 3.88. The van der Waals surface area contributed by atoms with Crippen LogP contribution in [0.3, 0.4) is 0 Å². The van der Waals surface area contributed by atoms with E-state index in [-0.39, 0.29) is 0 Å². The SMILES string of the molecule is CCCCC(CCC)NC1CCOC(CC)C1. The van der Waals surface area contributed by atoms with Gasteiger partial charge in [0, 0.05) is 18.7 Å². The minimum absolute atomic E-state index is 0.495. The Balaban J connectivity index is 2.31. The fourth-order valence-corrected chi connectivity index (χ4v) is 2.76. The van der Waals surface area contributed by atoms with Crippen molar-refractivity contribution in [3.8, 4) is 0 Å². The summed E-state index contributed by atoms with van der Waals surface area (Å²) in [6.45, 7) is 7.75. The molecule has 0 saturated carbocycles. The molecule has 2 nitrogen and oxygen atoms in total. The van der Waals surface area contributed by atoms with Gasteiger partial charge in [0.2, 0.25) is 0 Å². The molecule has 0 aromatic carbocycles. The molecule has 1 aliphatic rings. The summed E-state index contributed by atoms with van der Waals surface area (Å²) in [5.74, 6) is 0. The average molecular weight is 241 g/mol. The Hall–Kier alpha value is -0.0800. The molecule has 2 heteroatoms. The summed E-state index contributed by atoms with van der Waals surface area (Å²) >= 11 is 0. The molecule has 1 fully saturated rings. The monoisotopic (exact) mass is 241 g/mol. The van der Waals surface area contributed by atoms with Crippen LogP contribution in [0.1, 0.15) is 72.1 Å². The van der Waals surface area contributed by atoms with Crippen LogP contribution in [-0.4, -0.2) is 24.8 Å². The second-order valence-corrected chi connectivity index (χ2v) is 5.42. The molecule has 0 aromatic heterocycles. The molecule has 0 bridgehead atoms. The maximum absolute atomic E-state index is 5.74. The van der Waals surface area contributed by atoms with E-state index in [1.807, 2.05) is 0 Å². The van der Waals surface area contributed by atoms with Crippen LogP contribution in [0, 0.1) is 0 Å². The van der Waals surface area contributed by atoms with Crippen molar-refractivity contribution in [2.24, 2.45) is 0 Å². The maximum Gasteiger partial charge on any atom is 0.0587 e. The van der Waals surface area contributed by atoms with Gasteiger partial charge in [0.1, 0.15) is 0 Å². The lowest BCUT2D eigenvalue weighted by molar-refractivity contribution is -0.00234. The van der Waals surface area contributed by atoms with Crippen LogP contribution in [-0.2, 0) is 4.74 Å². The van der Waals surface area contributed by atoms with Crippen LogP contribution in [0.25, 0.3) is 0 Å². The first kappa shape index (κ1) is 15.0. The summed E-state index contributed by atoms with van der Waals surface area (Å²) < 4.78 is 5.74. The lowest BCUT2D eigenvalue weighted by atomic mass is 9.98. The van der Waals surface area contributed by atoms with Crippen molar-refractivity contribution in [3.63, 3.8) is 0 Å². The zero-order valence-corrected chi connectivity index (χ0v) is 12.0. The van der Waals surface area contributed by atoms with E-state index in [1.165, 1.54) is 44.9 Å². The third-order valence-electron chi connectivity index (χ3n) is 3.84. The standard InChI is InChI=1S/C15H31NO/c1-4-7-9-13(8-5-2)16-14-10-11-17-15(6-3)12-14/h13-16H,4-12H2,1-3H3. The molecule has 0 aliphatic carbocycles.